The Labute approximate surface area is 99.3 Å². The molecular formula is C13H14F2N2. The van der Waals surface area contributed by atoms with E-state index in [1.807, 2.05) is 0 Å². The molecule has 0 aromatic heterocycles. The molecule has 4 heteroatoms. The Hall–Kier alpha value is -1.63. The Morgan fingerprint density at radius 2 is 2.06 bits per heavy atom. The molecule has 0 saturated heterocycles. The van der Waals surface area contributed by atoms with E-state index in [-0.39, 0.29) is 11.1 Å². The third-order valence-electron chi connectivity index (χ3n) is 3.31. The number of nitrogens with one attached hydrogen (secondary N) is 1. The lowest BCUT2D eigenvalue weighted by molar-refractivity contribution is 0.550. The molecule has 1 aliphatic carbocycles. The highest BCUT2D eigenvalue weighted by Gasteiger charge is 2.42. The first-order chi connectivity index (χ1) is 8.06. The molecule has 0 heterocycles. The minimum atomic E-state index is -0.448. The standard InChI is InChI=1S/C13H14F2N2/c1-9-6-11(15)12(7-10(9)14)17-8-13(2-3-13)4-5-16/h6-7,17H,2-4,8H2,1H3. The van der Waals surface area contributed by atoms with Crippen molar-refractivity contribution in [2.24, 2.45) is 5.41 Å². The lowest BCUT2D eigenvalue weighted by Gasteiger charge is -2.14. The van der Waals surface area contributed by atoms with E-state index in [0.717, 1.165) is 12.8 Å². The van der Waals surface area contributed by atoms with Crippen molar-refractivity contribution < 1.29 is 8.78 Å². The van der Waals surface area contributed by atoms with Gasteiger partial charge in [-0.05, 0) is 31.4 Å². The third kappa shape index (κ3) is 2.55. The SMILES string of the molecule is Cc1cc(F)c(NCC2(CC#N)CC2)cc1F. The Morgan fingerprint density at radius 1 is 1.35 bits per heavy atom. The molecule has 0 radical (unpaired) electrons. The first-order valence-electron chi connectivity index (χ1n) is 5.63. The maximum atomic E-state index is 13.5. The van der Waals surface area contributed by atoms with Gasteiger partial charge in [0.15, 0.2) is 0 Å². The van der Waals surface area contributed by atoms with Crippen LogP contribution >= 0.6 is 0 Å². The molecule has 0 spiro atoms. The van der Waals surface area contributed by atoms with E-state index in [4.69, 9.17) is 5.26 Å². The van der Waals surface area contributed by atoms with Crippen LogP contribution in [0, 0.1) is 35.3 Å². The summed E-state index contributed by atoms with van der Waals surface area (Å²) < 4.78 is 26.8. The number of nitrogens with zero attached hydrogens (tertiary/aromatic N) is 1. The molecule has 1 aromatic rings. The van der Waals surface area contributed by atoms with Crippen LogP contribution in [0.4, 0.5) is 14.5 Å². The van der Waals surface area contributed by atoms with Crippen molar-refractivity contribution in [3.63, 3.8) is 0 Å². The Morgan fingerprint density at radius 3 is 2.65 bits per heavy atom. The van der Waals surface area contributed by atoms with Gasteiger partial charge in [0.1, 0.15) is 11.6 Å². The lowest BCUT2D eigenvalue weighted by Crippen LogP contribution is -2.15. The lowest BCUT2D eigenvalue weighted by atomic mass is 10.0. The van der Waals surface area contributed by atoms with Crippen molar-refractivity contribution in [3.8, 4) is 6.07 Å². The summed E-state index contributed by atoms with van der Waals surface area (Å²) in [6, 6.07) is 4.49. The van der Waals surface area contributed by atoms with Crippen LogP contribution in [-0.2, 0) is 0 Å². The van der Waals surface area contributed by atoms with E-state index >= 15 is 0 Å². The number of anilines is 1. The monoisotopic (exact) mass is 236 g/mol. The van der Waals surface area contributed by atoms with Crippen molar-refractivity contribution >= 4 is 5.69 Å². The van der Waals surface area contributed by atoms with Gasteiger partial charge in [-0.2, -0.15) is 5.26 Å². The van der Waals surface area contributed by atoms with Crippen LogP contribution in [0.15, 0.2) is 12.1 Å². The number of rotatable bonds is 4. The van der Waals surface area contributed by atoms with E-state index in [1.165, 1.54) is 19.1 Å². The van der Waals surface area contributed by atoms with E-state index in [0.29, 0.717) is 18.5 Å². The molecule has 1 saturated carbocycles. The van der Waals surface area contributed by atoms with Gasteiger partial charge in [-0.15, -0.1) is 0 Å². The second kappa shape index (κ2) is 4.33. The summed E-state index contributed by atoms with van der Waals surface area (Å²) in [4.78, 5) is 0. The third-order valence-corrected chi connectivity index (χ3v) is 3.31. The van der Waals surface area contributed by atoms with Crippen LogP contribution in [0.1, 0.15) is 24.8 Å². The summed E-state index contributed by atoms with van der Waals surface area (Å²) in [6.45, 7) is 2.06. The molecule has 2 rings (SSSR count). The zero-order chi connectivity index (χ0) is 12.5. The van der Waals surface area contributed by atoms with E-state index < -0.39 is 11.6 Å². The summed E-state index contributed by atoms with van der Waals surface area (Å²) in [7, 11) is 0. The molecule has 90 valence electrons. The van der Waals surface area contributed by atoms with Gasteiger partial charge in [0.05, 0.1) is 11.8 Å². The number of aryl methyl sites for hydroxylation is 1. The molecule has 1 N–H and O–H groups in total. The maximum Gasteiger partial charge on any atom is 0.146 e. The molecule has 1 aliphatic rings. The molecule has 0 unspecified atom stereocenters. The average molecular weight is 236 g/mol. The minimum absolute atomic E-state index is 0.0252. The maximum absolute atomic E-state index is 13.5. The van der Waals surface area contributed by atoms with Crippen molar-refractivity contribution in [1.29, 1.82) is 5.26 Å². The molecule has 1 aromatic carbocycles. The van der Waals surface area contributed by atoms with Crippen molar-refractivity contribution in [2.75, 3.05) is 11.9 Å². The van der Waals surface area contributed by atoms with E-state index in [2.05, 4.69) is 11.4 Å². The zero-order valence-corrected chi connectivity index (χ0v) is 9.69. The molecule has 0 amide bonds. The number of benzene rings is 1. The first-order valence-corrected chi connectivity index (χ1v) is 5.63. The second-order valence-electron chi connectivity index (χ2n) is 4.77. The predicted molar refractivity (Wildman–Crippen MR) is 61.5 cm³/mol. The van der Waals surface area contributed by atoms with Gasteiger partial charge in [-0.3, -0.25) is 0 Å². The highest BCUT2D eigenvalue weighted by Crippen LogP contribution is 2.48. The molecule has 0 bridgehead atoms. The van der Waals surface area contributed by atoms with Crippen molar-refractivity contribution in [1.82, 2.24) is 0 Å². The van der Waals surface area contributed by atoms with Crippen molar-refractivity contribution in [2.45, 2.75) is 26.2 Å². The predicted octanol–water partition coefficient (Wildman–Crippen LogP) is 3.38. The van der Waals surface area contributed by atoms with E-state index in [9.17, 15) is 8.78 Å². The molecule has 1 fully saturated rings. The fourth-order valence-electron chi connectivity index (χ4n) is 1.83. The Balaban J connectivity index is 2.05. The van der Waals surface area contributed by atoms with Gasteiger partial charge in [0.25, 0.3) is 0 Å². The smallest absolute Gasteiger partial charge is 0.146 e. The fraction of sp³-hybridized carbons (Fsp3) is 0.462. The zero-order valence-electron chi connectivity index (χ0n) is 9.69. The fourth-order valence-corrected chi connectivity index (χ4v) is 1.83. The topological polar surface area (TPSA) is 35.8 Å². The highest BCUT2D eigenvalue weighted by molar-refractivity contribution is 5.47. The van der Waals surface area contributed by atoms with Crippen LogP contribution < -0.4 is 5.32 Å². The average Bonchev–Trinajstić information content (AvgIpc) is 3.03. The Bertz CT molecular complexity index is 473. The Kier molecular flexibility index (Phi) is 3.01. The van der Waals surface area contributed by atoms with Crippen LogP contribution in [0.25, 0.3) is 0 Å². The van der Waals surface area contributed by atoms with Gasteiger partial charge < -0.3 is 5.32 Å². The van der Waals surface area contributed by atoms with Crippen LogP contribution in [0.2, 0.25) is 0 Å². The van der Waals surface area contributed by atoms with Gasteiger partial charge >= 0.3 is 0 Å². The van der Waals surface area contributed by atoms with Crippen LogP contribution in [-0.4, -0.2) is 6.54 Å². The molecule has 17 heavy (non-hydrogen) atoms. The second-order valence-corrected chi connectivity index (χ2v) is 4.77. The quantitative estimate of drug-likeness (QED) is 0.869. The number of hydrogen-bond acceptors (Lipinski definition) is 2. The van der Waals surface area contributed by atoms with Gasteiger partial charge in [-0.25, -0.2) is 8.78 Å². The van der Waals surface area contributed by atoms with Crippen LogP contribution in [0.3, 0.4) is 0 Å². The highest BCUT2D eigenvalue weighted by atomic mass is 19.1. The summed E-state index contributed by atoms with van der Waals surface area (Å²) in [5.74, 6) is -0.865. The summed E-state index contributed by atoms with van der Waals surface area (Å²) in [5, 5.41) is 11.6. The molecule has 0 atom stereocenters. The summed E-state index contributed by atoms with van der Waals surface area (Å²) >= 11 is 0. The molecule has 2 nitrogen and oxygen atoms in total. The van der Waals surface area contributed by atoms with E-state index in [1.54, 1.807) is 0 Å². The molecule has 0 aliphatic heterocycles. The van der Waals surface area contributed by atoms with Gasteiger partial charge in [-0.1, -0.05) is 0 Å². The van der Waals surface area contributed by atoms with Gasteiger partial charge in [0.2, 0.25) is 0 Å². The normalized spacial score (nSPS) is 16.4. The number of halogens is 2. The molecular weight excluding hydrogens is 222 g/mol. The van der Waals surface area contributed by atoms with Crippen molar-refractivity contribution in [3.05, 3.63) is 29.3 Å². The summed E-state index contributed by atoms with van der Waals surface area (Å²) in [6.07, 6.45) is 2.42. The van der Waals surface area contributed by atoms with Crippen LogP contribution in [0.5, 0.6) is 0 Å². The number of nitriles is 1. The number of hydrogen-bond donors (Lipinski definition) is 1. The summed E-state index contributed by atoms with van der Waals surface area (Å²) in [5.41, 5.74) is 0.450. The largest absolute Gasteiger partial charge is 0.382 e. The van der Waals surface area contributed by atoms with Gasteiger partial charge in [0, 0.05) is 24.4 Å². The minimum Gasteiger partial charge on any atom is -0.382 e. The first kappa shape index (κ1) is 11.8.